The van der Waals surface area contributed by atoms with Crippen LogP contribution in [0.3, 0.4) is 0 Å². The summed E-state index contributed by atoms with van der Waals surface area (Å²) in [6.07, 6.45) is 4.78. The van der Waals surface area contributed by atoms with E-state index in [0.29, 0.717) is 19.4 Å². The summed E-state index contributed by atoms with van der Waals surface area (Å²) in [5, 5.41) is 13.0. The first kappa shape index (κ1) is 19.8. The van der Waals surface area contributed by atoms with Crippen LogP contribution in [0.5, 0.6) is 5.75 Å². The van der Waals surface area contributed by atoms with Crippen molar-refractivity contribution in [3.05, 3.63) is 96.4 Å². The van der Waals surface area contributed by atoms with Gasteiger partial charge in [0.25, 0.3) is 0 Å². The highest BCUT2D eigenvalue weighted by Gasteiger charge is 2.19. The maximum Gasteiger partial charge on any atom is 0.352 e. The second kappa shape index (κ2) is 8.55. The van der Waals surface area contributed by atoms with Crippen molar-refractivity contribution < 1.29 is 14.6 Å². The van der Waals surface area contributed by atoms with Crippen LogP contribution in [0.2, 0.25) is 0 Å². The normalized spacial score (nSPS) is 11.1. The Kier molecular flexibility index (Phi) is 5.30. The molecule has 5 rings (SSSR count). The molecule has 5 aromatic rings. The van der Waals surface area contributed by atoms with Crippen LogP contribution in [0.4, 0.5) is 0 Å². The monoisotopic (exact) mass is 422 g/mol. The van der Waals surface area contributed by atoms with Gasteiger partial charge in [0.15, 0.2) is 0 Å². The van der Waals surface area contributed by atoms with Gasteiger partial charge in [-0.3, -0.25) is 4.98 Å². The molecule has 0 saturated heterocycles. The van der Waals surface area contributed by atoms with Crippen molar-refractivity contribution in [2.45, 2.75) is 12.8 Å². The van der Waals surface area contributed by atoms with Gasteiger partial charge in [-0.1, -0.05) is 54.6 Å². The Balaban J connectivity index is 1.40. The molecule has 0 aliphatic rings. The first-order chi connectivity index (χ1) is 15.7. The molecule has 2 heterocycles. The lowest BCUT2D eigenvalue weighted by molar-refractivity contribution is 0.0690. The van der Waals surface area contributed by atoms with Crippen LogP contribution in [-0.2, 0) is 6.42 Å². The van der Waals surface area contributed by atoms with Crippen LogP contribution < -0.4 is 4.74 Å². The second-order valence-electron chi connectivity index (χ2n) is 7.68. The van der Waals surface area contributed by atoms with Crippen molar-refractivity contribution in [3.63, 3.8) is 0 Å². The average Bonchev–Trinajstić information content (AvgIpc) is 3.21. The first-order valence-corrected chi connectivity index (χ1v) is 10.6. The summed E-state index contributed by atoms with van der Waals surface area (Å²) in [6, 6.07) is 23.9. The molecule has 5 nitrogen and oxygen atoms in total. The maximum atomic E-state index is 12.0. The zero-order chi connectivity index (χ0) is 21.9. The fourth-order valence-corrected chi connectivity index (χ4v) is 4.24. The van der Waals surface area contributed by atoms with Crippen LogP contribution in [0.25, 0.3) is 32.8 Å². The molecule has 2 N–H and O–H groups in total. The van der Waals surface area contributed by atoms with Gasteiger partial charge in [0.05, 0.1) is 12.1 Å². The van der Waals surface area contributed by atoms with Gasteiger partial charge in [-0.15, -0.1) is 0 Å². The fraction of sp³-hybridized carbons (Fsp3) is 0.111. The number of aromatic nitrogens is 2. The van der Waals surface area contributed by atoms with Gasteiger partial charge in [0, 0.05) is 28.7 Å². The molecule has 0 atom stereocenters. The Labute approximate surface area is 185 Å². The van der Waals surface area contributed by atoms with E-state index >= 15 is 0 Å². The Morgan fingerprint density at radius 3 is 2.50 bits per heavy atom. The number of nitrogens with one attached hydrogen (secondary N) is 1. The molecule has 32 heavy (non-hydrogen) atoms. The van der Waals surface area contributed by atoms with E-state index in [-0.39, 0.29) is 5.69 Å². The highest BCUT2D eigenvalue weighted by atomic mass is 16.5. The number of benzene rings is 3. The zero-order valence-electron chi connectivity index (χ0n) is 17.4. The average molecular weight is 422 g/mol. The van der Waals surface area contributed by atoms with Crippen molar-refractivity contribution in [1.29, 1.82) is 0 Å². The molecule has 158 valence electrons. The molecule has 0 spiro atoms. The number of hydrogen-bond acceptors (Lipinski definition) is 3. The number of carboxylic acids is 1. The van der Waals surface area contributed by atoms with E-state index in [9.17, 15) is 9.90 Å². The topological polar surface area (TPSA) is 75.2 Å². The summed E-state index contributed by atoms with van der Waals surface area (Å²) >= 11 is 0. The molecule has 0 saturated carbocycles. The van der Waals surface area contributed by atoms with Gasteiger partial charge in [-0.25, -0.2) is 4.79 Å². The fourth-order valence-electron chi connectivity index (χ4n) is 4.24. The summed E-state index contributed by atoms with van der Waals surface area (Å²) in [7, 11) is 0. The number of H-pyrrole nitrogens is 1. The summed E-state index contributed by atoms with van der Waals surface area (Å²) in [6.45, 7) is 0.504. The van der Waals surface area contributed by atoms with E-state index in [4.69, 9.17) is 4.74 Å². The van der Waals surface area contributed by atoms with Gasteiger partial charge in [-0.05, 0) is 47.6 Å². The molecule has 0 bridgehead atoms. The lowest BCUT2D eigenvalue weighted by Crippen LogP contribution is -2.04. The van der Waals surface area contributed by atoms with Crippen molar-refractivity contribution in [2.24, 2.45) is 0 Å². The van der Waals surface area contributed by atoms with Crippen LogP contribution in [-0.4, -0.2) is 27.7 Å². The van der Waals surface area contributed by atoms with Gasteiger partial charge in [0.1, 0.15) is 11.4 Å². The molecule has 3 aromatic carbocycles. The predicted molar refractivity (Wildman–Crippen MR) is 126 cm³/mol. The molecule has 0 amide bonds. The first-order valence-electron chi connectivity index (χ1n) is 10.6. The number of rotatable bonds is 7. The Bertz CT molecular complexity index is 1400. The number of fused-ring (bicyclic) bond motifs is 2. The number of nitrogens with zero attached hydrogens (tertiary/aromatic N) is 1. The van der Waals surface area contributed by atoms with E-state index in [1.54, 1.807) is 12.4 Å². The molecule has 5 heteroatoms. The van der Waals surface area contributed by atoms with E-state index in [0.717, 1.165) is 44.1 Å². The third kappa shape index (κ3) is 3.69. The number of para-hydroxylation sites is 1. The van der Waals surface area contributed by atoms with Crippen LogP contribution >= 0.6 is 0 Å². The summed E-state index contributed by atoms with van der Waals surface area (Å²) in [4.78, 5) is 19.2. The highest BCUT2D eigenvalue weighted by Crippen LogP contribution is 2.32. The van der Waals surface area contributed by atoms with Gasteiger partial charge < -0.3 is 14.8 Å². The number of hydrogen-bond donors (Lipinski definition) is 2. The summed E-state index contributed by atoms with van der Waals surface area (Å²) in [5.74, 6) is -0.104. The molecular weight excluding hydrogens is 400 g/mol. The molecule has 0 radical (unpaired) electrons. The van der Waals surface area contributed by atoms with Crippen molar-refractivity contribution >= 4 is 27.6 Å². The molecule has 2 aromatic heterocycles. The number of carboxylic acid groups (broad SMARTS) is 1. The molecule has 0 aliphatic carbocycles. The third-order valence-electron chi connectivity index (χ3n) is 5.72. The van der Waals surface area contributed by atoms with Crippen LogP contribution in [0.1, 0.15) is 22.5 Å². The number of ether oxygens (including phenoxy) is 1. The summed E-state index contributed by atoms with van der Waals surface area (Å²) < 4.78 is 6.06. The number of pyridine rings is 1. The van der Waals surface area contributed by atoms with Crippen molar-refractivity contribution in [3.8, 4) is 16.9 Å². The maximum absolute atomic E-state index is 12.0. The zero-order valence-corrected chi connectivity index (χ0v) is 17.4. The quantitative estimate of drug-likeness (QED) is 0.311. The Morgan fingerprint density at radius 2 is 1.66 bits per heavy atom. The lowest BCUT2D eigenvalue weighted by Gasteiger charge is -2.09. The number of carbonyl (C=O) groups is 1. The van der Waals surface area contributed by atoms with Gasteiger partial charge in [-0.2, -0.15) is 0 Å². The van der Waals surface area contributed by atoms with Crippen molar-refractivity contribution in [2.75, 3.05) is 6.61 Å². The van der Waals surface area contributed by atoms with Crippen LogP contribution in [0, 0.1) is 0 Å². The lowest BCUT2D eigenvalue weighted by atomic mass is 10.0. The number of aromatic carboxylic acids is 1. The minimum absolute atomic E-state index is 0.242. The van der Waals surface area contributed by atoms with E-state index in [1.807, 2.05) is 60.7 Å². The van der Waals surface area contributed by atoms with E-state index in [2.05, 4.69) is 22.1 Å². The molecule has 0 unspecified atom stereocenters. The standard InChI is InChI=1S/C27H22N2O3/c30-27(31)26-23(11-5-17-32-24-12-3-7-18-6-1-2-8-20(18)24)22-10-4-9-21(25(22)29-26)19-13-15-28-16-14-19/h1-4,6-10,12-16,29H,5,11,17H2,(H,30,31). The second-order valence-corrected chi connectivity index (χ2v) is 7.68. The third-order valence-corrected chi connectivity index (χ3v) is 5.72. The van der Waals surface area contributed by atoms with Crippen molar-refractivity contribution in [1.82, 2.24) is 9.97 Å². The SMILES string of the molecule is O=C(O)c1[nH]c2c(-c3ccncc3)cccc2c1CCCOc1cccc2ccccc12. The molecular formula is C27H22N2O3. The largest absolute Gasteiger partial charge is 0.493 e. The molecule has 0 fully saturated rings. The van der Waals surface area contributed by atoms with E-state index in [1.165, 1.54) is 0 Å². The smallest absolute Gasteiger partial charge is 0.352 e. The highest BCUT2D eigenvalue weighted by molar-refractivity contribution is 6.03. The number of aryl methyl sites for hydroxylation is 1. The van der Waals surface area contributed by atoms with Crippen LogP contribution in [0.15, 0.2) is 85.2 Å². The summed E-state index contributed by atoms with van der Waals surface area (Å²) in [5.41, 5.74) is 3.85. The Hall–Kier alpha value is -4.12. The van der Waals surface area contributed by atoms with Gasteiger partial charge >= 0.3 is 5.97 Å². The predicted octanol–water partition coefficient (Wildman–Crippen LogP) is 6.09. The van der Waals surface area contributed by atoms with Gasteiger partial charge in [0.2, 0.25) is 0 Å². The molecule has 0 aliphatic heterocycles. The Morgan fingerprint density at radius 1 is 0.906 bits per heavy atom. The minimum atomic E-state index is -0.952. The van der Waals surface area contributed by atoms with E-state index < -0.39 is 5.97 Å². The number of aromatic amines is 1. The minimum Gasteiger partial charge on any atom is -0.493 e.